The number of carboxylic acids is 1. The Morgan fingerprint density at radius 3 is 2.68 bits per heavy atom. The van der Waals surface area contributed by atoms with Crippen LogP contribution >= 0.6 is 27.3 Å². The van der Waals surface area contributed by atoms with Gasteiger partial charge < -0.3 is 5.11 Å². The van der Waals surface area contributed by atoms with Gasteiger partial charge in [-0.25, -0.2) is 18.6 Å². The van der Waals surface area contributed by atoms with Gasteiger partial charge in [0.25, 0.3) is 0 Å². The molecule has 3 nitrogen and oxygen atoms in total. The van der Waals surface area contributed by atoms with Gasteiger partial charge in [-0.3, -0.25) is 0 Å². The van der Waals surface area contributed by atoms with Gasteiger partial charge in [0.05, 0.1) is 10.2 Å². The van der Waals surface area contributed by atoms with Gasteiger partial charge in [-0.05, 0) is 34.5 Å². The highest BCUT2D eigenvalue weighted by Gasteiger charge is 2.20. The number of hydrogen-bond acceptors (Lipinski definition) is 3. The van der Waals surface area contributed by atoms with Gasteiger partial charge in [-0.1, -0.05) is 6.92 Å². The second kappa shape index (κ2) is 5.34. The summed E-state index contributed by atoms with van der Waals surface area (Å²) in [4.78, 5) is 15.3. The number of aromatic carboxylic acids is 1. The Morgan fingerprint density at radius 1 is 1.47 bits per heavy atom. The summed E-state index contributed by atoms with van der Waals surface area (Å²) in [5, 5.41) is 9.40. The summed E-state index contributed by atoms with van der Waals surface area (Å²) in [5.41, 5.74) is 0.773. The Hall–Kier alpha value is -1.34. The fourth-order valence-electron chi connectivity index (χ4n) is 1.56. The fourth-order valence-corrected chi connectivity index (χ4v) is 3.23. The van der Waals surface area contributed by atoms with Crippen LogP contribution in [-0.4, -0.2) is 16.1 Å². The van der Waals surface area contributed by atoms with E-state index in [1.54, 1.807) is 6.92 Å². The zero-order valence-electron chi connectivity index (χ0n) is 9.71. The van der Waals surface area contributed by atoms with Crippen LogP contribution in [0.15, 0.2) is 16.6 Å². The monoisotopic (exact) mass is 347 g/mol. The molecule has 0 aliphatic carbocycles. The zero-order chi connectivity index (χ0) is 14.2. The number of thiazole rings is 1. The van der Waals surface area contributed by atoms with Crippen molar-refractivity contribution in [1.29, 1.82) is 0 Å². The minimum atomic E-state index is -1.07. The maximum atomic E-state index is 13.5. The Balaban J connectivity index is 2.60. The van der Waals surface area contributed by atoms with E-state index in [1.165, 1.54) is 6.07 Å². The average Bonchev–Trinajstić information content (AvgIpc) is 2.80. The first-order valence-corrected chi connectivity index (χ1v) is 6.93. The molecule has 0 atom stereocenters. The van der Waals surface area contributed by atoms with Crippen molar-refractivity contribution < 1.29 is 18.7 Å². The minimum absolute atomic E-state index is 0.0548. The zero-order valence-corrected chi connectivity index (χ0v) is 12.1. The van der Waals surface area contributed by atoms with Crippen molar-refractivity contribution in [1.82, 2.24) is 4.98 Å². The Labute approximate surface area is 120 Å². The molecule has 2 aromatic rings. The van der Waals surface area contributed by atoms with Crippen molar-refractivity contribution in [2.75, 3.05) is 0 Å². The summed E-state index contributed by atoms with van der Waals surface area (Å²) in [6.45, 7) is 1.78. The number of aromatic nitrogens is 1. The van der Waals surface area contributed by atoms with Crippen LogP contribution < -0.4 is 0 Å². The molecule has 1 heterocycles. The number of halogens is 3. The summed E-state index contributed by atoms with van der Waals surface area (Å²) in [6, 6.07) is 2.36. The van der Waals surface area contributed by atoms with E-state index in [2.05, 4.69) is 20.9 Å². The molecule has 2 rings (SSSR count). The van der Waals surface area contributed by atoms with E-state index in [1.807, 2.05) is 0 Å². The summed E-state index contributed by atoms with van der Waals surface area (Å²) < 4.78 is 26.4. The lowest BCUT2D eigenvalue weighted by Gasteiger charge is -2.02. The van der Waals surface area contributed by atoms with Crippen LogP contribution in [0.3, 0.4) is 0 Å². The molecular formula is C12H8BrF2NO2S. The van der Waals surface area contributed by atoms with Gasteiger partial charge in [0.2, 0.25) is 0 Å². The molecule has 0 spiro atoms. The van der Waals surface area contributed by atoms with Crippen LogP contribution in [0, 0.1) is 11.6 Å². The Bertz CT molecular complexity index is 657. The number of benzene rings is 1. The summed E-state index contributed by atoms with van der Waals surface area (Å²) in [6.07, 6.45) is 0.458. The molecule has 19 heavy (non-hydrogen) atoms. The van der Waals surface area contributed by atoms with E-state index >= 15 is 0 Å². The van der Waals surface area contributed by atoms with Crippen LogP contribution in [-0.2, 0) is 6.42 Å². The number of rotatable bonds is 3. The smallest absolute Gasteiger partial charge is 0.347 e. The standard InChI is InChI=1S/C12H8BrF2NO2S/c1-2-7-10(12(17)18)19-11(16-7)5-3-4-6(14)9(15)8(5)13/h3-4H,2H2,1H3,(H,17,18). The molecule has 0 amide bonds. The van der Waals surface area contributed by atoms with Crippen molar-refractivity contribution in [2.45, 2.75) is 13.3 Å². The third kappa shape index (κ3) is 2.52. The molecule has 1 N–H and O–H groups in total. The van der Waals surface area contributed by atoms with Gasteiger partial charge >= 0.3 is 5.97 Å². The largest absolute Gasteiger partial charge is 0.477 e. The lowest BCUT2D eigenvalue weighted by Crippen LogP contribution is -1.97. The molecular weight excluding hydrogens is 340 g/mol. The predicted octanol–water partition coefficient (Wildman–Crippen LogP) is 4.11. The fraction of sp³-hybridized carbons (Fsp3) is 0.167. The van der Waals surface area contributed by atoms with E-state index in [4.69, 9.17) is 5.11 Å². The third-order valence-electron chi connectivity index (χ3n) is 2.49. The van der Waals surface area contributed by atoms with Crippen LogP contribution in [0.2, 0.25) is 0 Å². The molecule has 0 saturated carbocycles. The average molecular weight is 348 g/mol. The highest BCUT2D eigenvalue weighted by Crippen LogP contribution is 2.35. The molecule has 0 bridgehead atoms. The highest BCUT2D eigenvalue weighted by molar-refractivity contribution is 9.10. The molecule has 0 aliphatic rings. The van der Waals surface area contributed by atoms with E-state index < -0.39 is 17.6 Å². The van der Waals surface area contributed by atoms with Crippen LogP contribution in [0.25, 0.3) is 10.6 Å². The van der Waals surface area contributed by atoms with Crippen LogP contribution in [0.1, 0.15) is 22.3 Å². The Kier molecular flexibility index (Phi) is 3.96. The normalized spacial score (nSPS) is 10.7. The van der Waals surface area contributed by atoms with E-state index in [9.17, 15) is 13.6 Å². The van der Waals surface area contributed by atoms with Crippen molar-refractivity contribution in [2.24, 2.45) is 0 Å². The number of hydrogen-bond donors (Lipinski definition) is 1. The van der Waals surface area contributed by atoms with Gasteiger partial charge in [0.15, 0.2) is 11.6 Å². The van der Waals surface area contributed by atoms with E-state index in [0.29, 0.717) is 22.7 Å². The van der Waals surface area contributed by atoms with Crippen molar-refractivity contribution in [3.05, 3.63) is 38.8 Å². The molecule has 0 fully saturated rings. The quantitative estimate of drug-likeness (QED) is 0.850. The van der Waals surface area contributed by atoms with Crippen LogP contribution in [0.4, 0.5) is 8.78 Å². The number of aryl methyl sites for hydroxylation is 1. The first-order valence-electron chi connectivity index (χ1n) is 5.32. The summed E-state index contributed by atoms with van der Waals surface area (Å²) in [7, 11) is 0. The van der Waals surface area contributed by atoms with Crippen molar-refractivity contribution in [3.63, 3.8) is 0 Å². The molecule has 0 radical (unpaired) electrons. The maximum Gasteiger partial charge on any atom is 0.347 e. The molecule has 0 unspecified atom stereocenters. The summed E-state index contributed by atoms with van der Waals surface area (Å²) in [5.74, 6) is -3.05. The molecule has 1 aromatic heterocycles. The summed E-state index contributed by atoms with van der Waals surface area (Å²) >= 11 is 3.91. The third-order valence-corrected chi connectivity index (χ3v) is 4.39. The SMILES string of the molecule is CCc1nc(-c2ccc(F)c(F)c2Br)sc1C(=O)O. The second-order valence-corrected chi connectivity index (χ2v) is 5.47. The topological polar surface area (TPSA) is 50.2 Å². The molecule has 7 heteroatoms. The van der Waals surface area contributed by atoms with E-state index in [0.717, 1.165) is 17.4 Å². The number of carbonyl (C=O) groups is 1. The lowest BCUT2D eigenvalue weighted by molar-refractivity contribution is 0.0701. The van der Waals surface area contributed by atoms with Gasteiger partial charge in [-0.15, -0.1) is 11.3 Å². The van der Waals surface area contributed by atoms with Crippen molar-refractivity contribution in [3.8, 4) is 10.6 Å². The number of carboxylic acid groups (broad SMARTS) is 1. The van der Waals surface area contributed by atoms with Crippen molar-refractivity contribution >= 4 is 33.2 Å². The molecule has 100 valence electrons. The molecule has 0 aliphatic heterocycles. The second-order valence-electron chi connectivity index (χ2n) is 3.68. The van der Waals surface area contributed by atoms with Gasteiger partial charge in [-0.2, -0.15) is 0 Å². The van der Waals surface area contributed by atoms with Gasteiger partial charge in [0.1, 0.15) is 9.88 Å². The van der Waals surface area contributed by atoms with E-state index in [-0.39, 0.29) is 9.35 Å². The lowest BCUT2D eigenvalue weighted by atomic mass is 10.2. The first-order chi connectivity index (χ1) is 8.95. The minimum Gasteiger partial charge on any atom is -0.477 e. The maximum absolute atomic E-state index is 13.5. The Morgan fingerprint density at radius 2 is 2.16 bits per heavy atom. The van der Waals surface area contributed by atoms with Gasteiger partial charge in [0, 0.05) is 5.56 Å². The predicted molar refractivity (Wildman–Crippen MR) is 71.5 cm³/mol. The first kappa shape index (κ1) is 14.1. The number of nitrogens with zero attached hydrogens (tertiary/aromatic N) is 1. The highest BCUT2D eigenvalue weighted by atomic mass is 79.9. The van der Waals surface area contributed by atoms with Crippen LogP contribution in [0.5, 0.6) is 0 Å². The molecule has 1 aromatic carbocycles. The molecule has 0 saturated heterocycles.